The van der Waals surface area contributed by atoms with Gasteiger partial charge in [-0.25, -0.2) is 0 Å². The molecule has 140 valence electrons. The molecule has 1 unspecified atom stereocenters. The number of nitrogen functional groups attached to an aromatic ring is 1. The topological polar surface area (TPSA) is 79.0 Å². The van der Waals surface area contributed by atoms with Crippen LogP contribution in [0.15, 0.2) is 48.5 Å². The SMILES string of the molecule is CC.CC(=N)c1cc(C(=O)NC(c2ccccc2)C(F)(F)F)ccc1N. The van der Waals surface area contributed by atoms with Crippen molar-refractivity contribution in [2.75, 3.05) is 5.73 Å². The van der Waals surface area contributed by atoms with Gasteiger partial charge < -0.3 is 16.5 Å². The van der Waals surface area contributed by atoms with Crippen LogP contribution in [-0.4, -0.2) is 17.8 Å². The molecule has 0 aliphatic carbocycles. The maximum absolute atomic E-state index is 13.3. The number of anilines is 1. The normalized spacial score (nSPS) is 11.8. The summed E-state index contributed by atoms with van der Waals surface area (Å²) in [5, 5.41) is 9.60. The number of carbonyl (C=O) groups excluding carboxylic acids is 1. The van der Waals surface area contributed by atoms with E-state index >= 15 is 0 Å². The first-order valence-corrected chi connectivity index (χ1v) is 8.07. The van der Waals surface area contributed by atoms with E-state index in [2.05, 4.69) is 0 Å². The molecule has 0 aliphatic rings. The lowest BCUT2D eigenvalue weighted by Gasteiger charge is -2.22. The van der Waals surface area contributed by atoms with E-state index in [0.29, 0.717) is 5.56 Å². The third kappa shape index (κ3) is 5.34. The van der Waals surface area contributed by atoms with Crippen LogP contribution in [-0.2, 0) is 0 Å². The van der Waals surface area contributed by atoms with Gasteiger partial charge in [0.2, 0.25) is 0 Å². The quantitative estimate of drug-likeness (QED) is 0.542. The van der Waals surface area contributed by atoms with E-state index in [9.17, 15) is 18.0 Å². The first-order chi connectivity index (χ1) is 12.2. The van der Waals surface area contributed by atoms with Gasteiger partial charge in [0.1, 0.15) is 0 Å². The molecule has 0 fully saturated rings. The number of benzene rings is 2. The second kappa shape index (κ2) is 9.03. The highest BCUT2D eigenvalue weighted by Gasteiger charge is 2.41. The third-order valence-corrected chi connectivity index (χ3v) is 3.46. The molecule has 0 saturated heterocycles. The zero-order chi connectivity index (χ0) is 19.9. The molecule has 1 atom stereocenters. The Morgan fingerprint density at radius 3 is 2.19 bits per heavy atom. The fourth-order valence-corrected chi connectivity index (χ4v) is 2.24. The smallest absolute Gasteiger partial charge is 0.398 e. The Morgan fingerprint density at radius 2 is 1.69 bits per heavy atom. The molecule has 0 radical (unpaired) electrons. The second-order valence-corrected chi connectivity index (χ2v) is 5.29. The monoisotopic (exact) mass is 365 g/mol. The first kappa shape index (κ1) is 21.2. The van der Waals surface area contributed by atoms with Crippen molar-refractivity contribution in [2.45, 2.75) is 33.0 Å². The minimum absolute atomic E-state index is 0.0102. The Labute approximate surface area is 150 Å². The molecule has 1 amide bonds. The van der Waals surface area contributed by atoms with Gasteiger partial charge in [-0.3, -0.25) is 4.79 Å². The Hall–Kier alpha value is -2.83. The lowest BCUT2D eigenvalue weighted by Crippen LogP contribution is -2.38. The van der Waals surface area contributed by atoms with Crippen molar-refractivity contribution < 1.29 is 18.0 Å². The summed E-state index contributed by atoms with van der Waals surface area (Å²) >= 11 is 0. The van der Waals surface area contributed by atoms with E-state index < -0.39 is 18.1 Å². The molecule has 2 rings (SSSR count). The number of alkyl halides is 3. The third-order valence-electron chi connectivity index (χ3n) is 3.46. The van der Waals surface area contributed by atoms with Crippen LogP contribution in [0.5, 0.6) is 0 Å². The molecular formula is C19H22F3N3O. The summed E-state index contributed by atoms with van der Waals surface area (Å²) in [5.74, 6) is -0.885. The molecule has 0 heterocycles. The predicted molar refractivity (Wildman–Crippen MR) is 97.4 cm³/mol. The number of carbonyl (C=O) groups is 1. The lowest BCUT2D eigenvalue weighted by molar-refractivity contribution is -0.155. The van der Waals surface area contributed by atoms with Crippen molar-refractivity contribution in [3.05, 3.63) is 65.2 Å². The molecule has 4 nitrogen and oxygen atoms in total. The molecule has 2 aromatic carbocycles. The number of hydrogen-bond acceptors (Lipinski definition) is 3. The van der Waals surface area contributed by atoms with Gasteiger partial charge in [0.25, 0.3) is 5.91 Å². The number of hydrogen-bond donors (Lipinski definition) is 3. The highest BCUT2D eigenvalue weighted by molar-refractivity contribution is 6.04. The average molecular weight is 365 g/mol. The minimum atomic E-state index is -4.63. The van der Waals surface area contributed by atoms with Crippen molar-refractivity contribution in [3.63, 3.8) is 0 Å². The van der Waals surface area contributed by atoms with Gasteiger partial charge in [0.05, 0.1) is 0 Å². The number of halogens is 3. The maximum atomic E-state index is 13.3. The summed E-state index contributed by atoms with van der Waals surface area (Å²) in [6.45, 7) is 5.48. The minimum Gasteiger partial charge on any atom is -0.398 e. The summed E-state index contributed by atoms with van der Waals surface area (Å²) in [5.41, 5.74) is 6.37. The van der Waals surface area contributed by atoms with Crippen molar-refractivity contribution in [3.8, 4) is 0 Å². The lowest BCUT2D eigenvalue weighted by atomic mass is 10.0. The summed E-state index contributed by atoms with van der Waals surface area (Å²) in [4.78, 5) is 12.2. The fourth-order valence-electron chi connectivity index (χ4n) is 2.24. The number of nitrogens with one attached hydrogen (secondary N) is 2. The largest absolute Gasteiger partial charge is 0.412 e. The molecule has 26 heavy (non-hydrogen) atoms. The molecule has 0 aliphatic heterocycles. The Morgan fingerprint density at radius 1 is 1.12 bits per heavy atom. The van der Waals surface area contributed by atoms with Crippen LogP contribution in [0.25, 0.3) is 0 Å². The van der Waals surface area contributed by atoms with Crippen LogP contribution in [0.1, 0.15) is 48.3 Å². The van der Waals surface area contributed by atoms with Crippen molar-refractivity contribution in [2.24, 2.45) is 0 Å². The Kier molecular flexibility index (Phi) is 7.37. The van der Waals surface area contributed by atoms with Gasteiger partial charge in [-0.15, -0.1) is 0 Å². The van der Waals surface area contributed by atoms with Gasteiger partial charge in [0, 0.05) is 22.5 Å². The van der Waals surface area contributed by atoms with Gasteiger partial charge >= 0.3 is 6.18 Å². The van der Waals surface area contributed by atoms with Crippen LogP contribution in [0.2, 0.25) is 0 Å². The maximum Gasteiger partial charge on any atom is 0.412 e. The standard InChI is InChI=1S/C17H16F3N3O.C2H6/c1-10(21)13-9-12(7-8-14(13)22)16(24)23-15(17(18,19)20)11-5-3-2-4-6-11;1-2/h2-9,15,21H,22H2,1H3,(H,23,24);1-2H3. The average Bonchev–Trinajstić information content (AvgIpc) is 2.61. The Bertz CT molecular complexity index is 758. The molecule has 0 spiro atoms. The van der Waals surface area contributed by atoms with Gasteiger partial charge in [-0.05, 0) is 30.7 Å². The number of nitrogens with two attached hydrogens (primary N) is 1. The van der Waals surface area contributed by atoms with Crippen molar-refractivity contribution in [1.29, 1.82) is 5.41 Å². The Balaban J connectivity index is 0.00000163. The molecule has 7 heteroatoms. The van der Waals surface area contributed by atoms with Gasteiger partial charge in [0.15, 0.2) is 6.04 Å². The van der Waals surface area contributed by atoms with Gasteiger partial charge in [-0.2, -0.15) is 13.2 Å². The molecular weight excluding hydrogens is 343 g/mol. The molecule has 4 N–H and O–H groups in total. The summed E-state index contributed by atoms with van der Waals surface area (Å²) < 4.78 is 39.9. The summed E-state index contributed by atoms with van der Waals surface area (Å²) in [6.07, 6.45) is -4.63. The number of rotatable bonds is 4. The fraction of sp³-hybridized carbons (Fsp3) is 0.263. The van der Waals surface area contributed by atoms with Crippen LogP contribution in [0.3, 0.4) is 0 Å². The first-order valence-electron chi connectivity index (χ1n) is 8.07. The van der Waals surface area contributed by atoms with Crippen molar-refractivity contribution in [1.82, 2.24) is 5.32 Å². The molecule has 2 aromatic rings. The van der Waals surface area contributed by atoms with Gasteiger partial charge in [-0.1, -0.05) is 44.2 Å². The summed E-state index contributed by atoms with van der Waals surface area (Å²) in [6, 6.07) is 9.06. The van der Waals surface area contributed by atoms with E-state index in [-0.39, 0.29) is 22.5 Å². The number of amides is 1. The molecule has 0 saturated carbocycles. The zero-order valence-electron chi connectivity index (χ0n) is 14.8. The van der Waals surface area contributed by atoms with E-state index in [0.717, 1.165) is 0 Å². The highest BCUT2D eigenvalue weighted by atomic mass is 19.4. The van der Waals surface area contributed by atoms with E-state index in [1.807, 2.05) is 19.2 Å². The summed E-state index contributed by atoms with van der Waals surface area (Å²) in [7, 11) is 0. The van der Waals surface area contributed by atoms with E-state index in [4.69, 9.17) is 11.1 Å². The van der Waals surface area contributed by atoms with E-state index in [1.165, 1.54) is 49.4 Å². The predicted octanol–water partition coefficient (Wildman–Crippen LogP) is 4.72. The van der Waals surface area contributed by atoms with E-state index in [1.54, 1.807) is 6.07 Å². The van der Waals surface area contributed by atoms with Crippen LogP contribution in [0.4, 0.5) is 18.9 Å². The highest BCUT2D eigenvalue weighted by Crippen LogP contribution is 2.32. The van der Waals surface area contributed by atoms with Crippen LogP contribution in [0, 0.1) is 5.41 Å². The van der Waals surface area contributed by atoms with Crippen molar-refractivity contribution >= 4 is 17.3 Å². The van der Waals surface area contributed by atoms with Crippen LogP contribution >= 0.6 is 0 Å². The zero-order valence-corrected chi connectivity index (χ0v) is 14.8. The van der Waals surface area contributed by atoms with Crippen LogP contribution < -0.4 is 11.1 Å². The molecule has 0 bridgehead atoms. The molecule has 0 aromatic heterocycles. The second-order valence-electron chi connectivity index (χ2n) is 5.29.